The molecule has 2 aromatic carbocycles. The molecule has 0 saturated heterocycles. The van der Waals surface area contributed by atoms with Crippen LogP contribution in [-0.2, 0) is 17.8 Å². The third-order valence-electron chi connectivity index (χ3n) is 4.92. The molecular formula is C22H18FN3O3. The topological polar surface area (TPSA) is 80.2 Å². The summed E-state index contributed by atoms with van der Waals surface area (Å²) in [4.78, 5) is 36.2. The molecule has 6 nitrogen and oxygen atoms in total. The van der Waals surface area contributed by atoms with Crippen LogP contribution in [0.4, 0.5) is 10.1 Å². The van der Waals surface area contributed by atoms with Crippen LogP contribution >= 0.6 is 0 Å². The van der Waals surface area contributed by atoms with Crippen molar-refractivity contribution in [2.24, 2.45) is 0 Å². The van der Waals surface area contributed by atoms with Gasteiger partial charge in [0, 0.05) is 36.0 Å². The minimum Gasteiger partial charge on any atom is -0.349 e. The summed E-state index contributed by atoms with van der Waals surface area (Å²) in [6.45, 7) is 4.53. The lowest BCUT2D eigenvalue weighted by Crippen LogP contribution is -2.34. The Morgan fingerprint density at radius 2 is 2.03 bits per heavy atom. The Morgan fingerprint density at radius 1 is 1.21 bits per heavy atom. The number of benzene rings is 2. The second-order valence-corrected chi connectivity index (χ2v) is 6.82. The van der Waals surface area contributed by atoms with Gasteiger partial charge in [0.1, 0.15) is 11.5 Å². The molecule has 29 heavy (non-hydrogen) atoms. The van der Waals surface area contributed by atoms with Crippen LogP contribution in [0.3, 0.4) is 0 Å². The van der Waals surface area contributed by atoms with Crippen molar-refractivity contribution in [3.8, 4) is 0 Å². The van der Waals surface area contributed by atoms with Crippen LogP contribution in [0, 0.1) is 5.82 Å². The minimum atomic E-state index is -0.587. The Bertz CT molecular complexity index is 1180. The normalized spacial score (nSPS) is 12.9. The van der Waals surface area contributed by atoms with Gasteiger partial charge in [0.2, 0.25) is 5.91 Å². The van der Waals surface area contributed by atoms with Gasteiger partial charge in [-0.25, -0.2) is 4.39 Å². The van der Waals surface area contributed by atoms with Crippen molar-refractivity contribution in [3.05, 3.63) is 77.8 Å². The Kier molecular flexibility index (Phi) is 4.72. The summed E-state index contributed by atoms with van der Waals surface area (Å²) in [6.07, 6.45) is 1.10. The van der Waals surface area contributed by atoms with Gasteiger partial charge in [-0.2, -0.15) is 0 Å². The number of fused-ring (bicyclic) bond motifs is 3. The van der Waals surface area contributed by atoms with Crippen molar-refractivity contribution in [2.75, 3.05) is 11.9 Å². The Labute approximate surface area is 166 Å². The molecule has 3 aromatic rings. The smallest absolute Gasteiger partial charge is 0.268 e. The Morgan fingerprint density at radius 3 is 2.83 bits per heavy atom. The third-order valence-corrected chi connectivity index (χ3v) is 4.92. The van der Waals surface area contributed by atoms with Gasteiger partial charge in [-0.3, -0.25) is 14.4 Å². The van der Waals surface area contributed by atoms with Crippen molar-refractivity contribution >= 4 is 34.2 Å². The fourth-order valence-electron chi connectivity index (χ4n) is 3.48. The summed E-state index contributed by atoms with van der Waals surface area (Å²) in [5.74, 6) is -1.38. The average Bonchev–Trinajstić information content (AvgIpc) is 3.09. The van der Waals surface area contributed by atoms with Crippen molar-refractivity contribution in [1.29, 1.82) is 0 Å². The first-order chi connectivity index (χ1) is 14.0. The summed E-state index contributed by atoms with van der Waals surface area (Å²) < 4.78 is 15.8. The third kappa shape index (κ3) is 3.54. The van der Waals surface area contributed by atoms with Crippen molar-refractivity contribution < 1.29 is 18.8 Å². The van der Waals surface area contributed by atoms with Crippen LogP contribution in [0.25, 0.3) is 10.9 Å². The molecule has 0 fully saturated rings. The van der Waals surface area contributed by atoms with E-state index in [1.807, 2.05) is 16.7 Å². The van der Waals surface area contributed by atoms with Crippen LogP contribution in [0.1, 0.15) is 26.4 Å². The first kappa shape index (κ1) is 18.6. The zero-order valence-corrected chi connectivity index (χ0v) is 15.5. The molecule has 0 aliphatic carbocycles. The number of anilines is 1. The van der Waals surface area contributed by atoms with Crippen molar-refractivity contribution in [3.63, 3.8) is 0 Å². The van der Waals surface area contributed by atoms with Crippen LogP contribution in [0.15, 0.2) is 55.1 Å². The van der Waals surface area contributed by atoms with Gasteiger partial charge >= 0.3 is 0 Å². The van der Waals surface area contributed by atoms with Crippen LogP contribution < -0.4 is 10.6 Å². The zero-order chi connectivity index (χ0) is 20.5. The fraction of sp³-hybridized carbons (Fsp3) is 0.136. The summed E-state index contributed by atoms with van der Waals surface area (Å²) >= 11 is 0. The number of ketones is 1. The van der Waals surface area contributed by atoms with Gasteiger partial charge in [0.25, 0.3) is 5.91 Å². The number of halogens is 1. The van der Waals surface area contributed by atoms with Crippen LogP contribution in [0.5, 0.6) is 0 Å². The van der Waals surface area contributed by atoms with Gasteiger partial charge in [-0.15, -0.1) is 0 Å². The molecule has 4 rings (SSSR count). The average molecular weight is 391 g/mol. The van der Waals surface area contributed by atoms with E-state index in [1.165, 1.54) is 18.2 Å². The lowest BCUT2D eigenvalue weighted by atomic mass is 10.0. The van der Waals surface area contributed by atoms with E-state index < -0.39 is 11.7 Å². The van der Waals surface area contributed by atoms with Crippen molar-refractivity contribution in [1.82, 2.24) is 9.88 Å². The van der Waals surface area contributed by atoms with Gasteiger partial charge in [-0.1, -0.05) is 24.8 Å². The zero-order valence-electron chi connectivity index (χ0n) is 15.5. The van der Waals surface area contributed by atoms with Crippen LogP contribution in [-0.4, -0.2) is 28.7 Å². The number of Topliss-reactive ketones (excluding diaryl/α,β-unsaturated/α-hetero) is 1. The number of hydrogen-bond donors (Lipinski definition) is 2. The van der Waals surface area contributed by atoms with E-state index >= 15 is 0 Å². The minimum absolute atomic E-state index is 0.00215. The predicted molar refractivity (Wildman–Crippen MR) is 108 cm³/mol. The number of nitrogens with zero attached hydrogens (tertiary/aromatic N) is 1. The number of rotatable bonds is 5. The van der Waals surface area contributed by atoms with Crippen molar-refractivity contribution in [2.45, 2.75) is 13.0 Å². The Balaban J connectivity index is 1.61. The molecule has 0 atom stereocenters. The van der Waals surface area contributed by atoms with Gasteiger partial charge in [0.05, 0.1) is 5.69 Å². The first-order valence-corrected chi connectivity index (χ1v) is 9.13. The maximum atomic E-state index is 13.9. The molecule has 0 radical (unpaired) electrons. The molecule has 1 aliphatic heterocycles. The number of nitrogens with one attached hydrogen (secondary N) is 2. The number of carbonyl (C=O) groups excluding carboxylic acids is 3. The maximum Gasteiger partial charge on any atom is 0.268 e. The number of hydrogen-bond acceptors (Lipinski definition) is 3. The van der Waals surface area contributed by atoms with Gasteiger partial charge < -0.3 is 15.2 Å². The molecule has 0 bridgehead atoms. The number of aromatic nitrogens is 1. The molecule has 2 amide bonds. The monoisotopic (exact) mass is 391 g/mol. The fourth-order valence-corrected chi connectivity index (χ4v) is 3.48. The maximum absolute atomic E-state index is 13.9. The van der Waals surface area contributed by atoms with E-state index in [9.17, 15) is 18.8 Å². The Hall–Kier alpha value is -3.74. The molecular weight excluding hydrogens is 373 g/mol. The number of amides is 2. The summed E-state index contributed by atoms with van der Waals surface area (Å²) in [5.41, 5.74) is 2.50. The van der Waals surface area contributed by atoms with Gasteiger partial charge in [-0.05, 0) is 35.9 Å². The lowest BCUT2D eigenvalue weighted by molar-refractivity contribution is -0.111. The van der Waals surface area contributed by atoms with E-state index in [2.05, 4.69) is 17.2 Å². The first-order valence-electron chi connectivity index (χ1n) is 9.13. The molecule has 1 aromatic heterocycles. The highest BCUT2D eigenvalue weighted by atomic mass is 19.1. The second-order valence-electron chi connectivity index (χ2n) is 6.82. The SMILES string of the molecule is C=CC(=O)Nc1cc(CC(=O)c2ccc3cc4n(c3c2)CCNC4=O)ccc1F. The largest absolute Gasteiger partial charge is 0.349 e. The highest BCUT2D eigenvalue weighted by Gasteiger charge is 2.20. The molecule has 146 valence electrons. The molecule has 2 heterocycles. The molecule has 0 spiro atoms. The number of carbonyl (C=O) groups is 3. The van der Waals surface area contributed by atoms with E-state index in [-0.39, 0.29) is 23.8 Å². The molecule has 0 unspecified atom stereocenters. The predicted octanol–water partition coefficient (Wildman–Crippen LogP) is 3.07. The van der Waals surface area contributed by atoms with Gasteiger partial charge in [0.15, 0.2) is 5.78 Å². The second kappa shape index (κ2) is 7.35. The quantitative estimate of drug-likeness (QED) is 0.518. The molecule has 7 heteroatoms. The lowest BCUT2D eigenvalue weighted by Gasteiger charge is -2.16. The molecule has 2 N–H and O–H groups in total. The van der Waals surface area contributed by atoms with E-state index in [0.717, 1.165) is 17.0 Å². The highest BCUT2D eigenvalue weighted by Crippen LogP contribution is 2.24. The molecule has 1 aliphatic rings. The molecule has 0 saturated carbocycles. The van der Waals surface area contributed by atoms with E-state index in [0.29, 0.717) is 29.9 Å². The summed E-state index contributed by atoms with van der Waals surface area (Å²) in [7, 11) is 0. The summed E-state index contributed by atoms with van der Waals surface area (Å²) in [6, 6.07) is 11.3. The summed E-state index contributed by atoms with van der Waals surface area (Å²) in [5, 5.41) is 6.08. The standard InChI is InChI=1S/C22H18FN3O3/c1-2-21(28)25-17-9-13(3-6-16(17)23)10-20(27)15-5-4-14-11-19-22(29)24-7-8-26(19)18(14)12-15/h2-6,9,11-12H,1,7-8,10H2,(H,24,29)(H,25,28). The highest BCUT2D eigenvalue weighted by molar-refractivity contribution is 6.04. The van der Waals surface area contributed by atoms with Crippen LogP contribution in [0.2, 0.25) is 0 Å². The van der Waals surface area contributed by atoms with E-state index in [1.54, 1.807) is 12.1 Å². The van der Waals surface area contributed by atoms with E-state index in [4.69, 9.17) is 0 Å².